The van der Waals surface area contributed by atoms with Gasteiger partial charge in [0.05, 0.1) is 28.1 Å². The van der Waals surface area contributed by atoms with E-state index in [2.05, 4.69) is 156 Å². The summed E-state index contributed by atoms with van der Waals surface area (Å²) >= 11 is 0. The average molecular weight is 640 g/mol. The van der Waals surface area contributed by atoms with Crippen molar-refractivity contribution in [2.45, 2.75) is 0 Å². The van der Waals surface area contributed by atoms with E-state index in [1.165, 1.54) is 10.8 Å². The summed E-state index contributed by atoms with van der Waals surface area (Å²) in [6.07, 6.45) is 0. The van der Waals surface area contributed by atoms with Crippen LogP contribution in [0.25, 0.3) is 94.5 Å². The minimum atomic E-state index is 0.644. The first-order valence-corrected chi connectivity index (χ1v) is 16.8. The molecule has 10 aromatic rings. The molecule has 3 heterocycles. The summed E-state index contributed by atoms with van der Waals surface area (Å²) in [7, 11) is 0. The third-order valence-corrected chi connectivity index (χ3v) is 9.60. The molecule has 0 N–H and O–H groups in total. The first-order chi connectivity index (χ1) is 24.8. The third kappa shape index (κ3) is 4.61. The predicted octanol–water partition coefficient (Wildman–Crippen LogP) is 12.1. The minimum Gasteiger partial charge on any atom is -0.456 e. The van der Waals surface area contributed by atoms with Crippen molar-refractivity contribution in [2.75, 3.05) is 0 Å². The molecule has 4 nitrogen and oxygen atoms in total. The summed E-state index contributed by atoms with van der Waals surface area (Å²) in [5.41, 5.74) is 11.9. The van der Waals surface area contributed by atoms with Gasteiger partial charge in [-0.1, -0.05) is 133 Å². The number of para-hydroxylation sites is 3. The molecule has 0 atom stereocenters. The lowest BCUT2D eigenvalue weighted by Gasteiger charge is -2.14. The van der Waals surface area contributed by atoms with Crippen LogP contribution in [0.2, 0.25) is 0 Å². The van der Waals surface area contributed by atoms with Gasteiger partial charge in [0, 0.05) is 44.3 Å². The SMILES string of the molecule is c1ccc(-c2cccc(-c3cc(-c4ccccc4)nc(-c4cc(-n5c6ccccc6c6ccccc65)cc5oc6ccccc6c45)n3)c2)cc1. The van der Waals surface area contributed by atoms with E-state index in [1.54, 1.807) is 0 Å². The first kappa shape index (κ1) is 28.3. The van der Waals surface area contributed by atoms with Crippen molar-refractivity contribution in [3.05, 3.63) is 176 Å². The fraction of sp³-hybridized carbons (Fsp3) is 0. The second kappa shape index (κ2) is 11.4. The van der Waals surface area contributed by atoms with E-state index in [0.717, 1.165) is 77.9 Å². The minimum absolute atomic E-state index is 0.644. The zero-order valence-corrected chi connectivity index (χ0v) is 27.0. The van der Waals surface area contributed by atoms with Gasteiger partial charge in [0.1, 0.15) is 11.2 Å². The molecule has 0 aliphatic rings. The summed E-state index contributed by atoms with van der Waals surface area (Å²) < 4.78 is 8.93. The number of benzene rings is 7. The Labute approximate surface area is 288 Å². The van der Waals surface area contributed by atoms with Gasteiger partial charge in [0.15, 0.2) is 5.82 Å². The number of rotatable bonds is 5. The molecule has 0 unspecified atom stereocenters. The number of hydrogen-bond acceptors (Lipinski definition) is 3. The van der Waals surface area contributed by atoms with Gasteiger partial charge in [0.25, 0.3) is 0 Å². The molecule has 0 bridgehead atoms. The zero-order chi connectivity index (χ0) is 33.0. The Morgan fingerprint density at radius 1 is 0.400 bits per heavy atom. The lowest BCUT2D eigenvalue weighted by molar-refractivity contribution is 0.668. The van der Waals surface area contributed by atoms with Crippen molar-refractivity contribution in [3.8, 4) is 50.7 Å². The normalized spacial score (nSPS) is 11.6. The van der Waals surface area contributed by atoms with Gasteiger partial charge in [-0.15, -0.1) is 0 Å². The topological polar surface area (TPSA) is 43.9 Å². The van der Waals surface area contributed by atoms with Gasteiger partial charge >= 0.3 is 0 Å². The monoisotopic (exact) mass is 639 g/mol. The van der Waals surface area contributed by atoms with E-state index in [4.69, 9.17) is 14.4 Å². The van der Waals surface area contributed by atoms with Gasteiger partial charge in [0.2, 0.25) is 0 Å². The lowest BCUT2D eigenvalue weighted by Crippen LogP contribution is -1.99. The van der Waals surface area contributed by atoms with Crippen LogP contribution < -0.4 is 0 Å². The number of furan rings is 1. The second-order valence-corrected chi connectivity index (χ2v) is 12.6. The zero-order valence-electron chi connectivity index (χ0n) is 27.0. The summed E-state index contributed by atoms with van der Waals surface area (Å²) in [6, 6.07) is 61.3. The third-order valence-electron chi connectivity index (χ3n) is 9.60. The Kier molecular flexibility index (Phi) is 6.46. The van der Waals surface area contributed by atoms with Crippen molar-refractivity contribution in [1.29, 1.82) is 0 Å². The average Bonchev–Trinajstić information content (AvgIpc) is 3.74. The van der Waals surface area contributed by atoms with Crippen LogP contribution >= 0.6 is 0 Å². The molecule has 4 heteroatoms. The summed E-state index contributed by atoms with van der Waals surface area (Å²) in [6.45, 7) is 0. The Bertz CT molecular complexity index is 2810. The Hall–Kier alpha value is -6.78. The van der Waals surface area contributed by atoms with Gasteiger partial charge in [-0.3, -0.25) is 0 Å². The molecule has 10 rings (SSSR count). The van der Waals surface area contributed by atoms with Crippen molar-refractivity contribution in [1.82, 2.24) is 14.5 Å². The molecule has 0 spiro atoms. The van der Waals surface area contributed by atoms with Crippen molar-refractivity contribution >= 4 is 43.7 Å². The molecular weight excluding hydrogens is 611 g/mol. The molecule has 0 amide bonds. The standard InChI is InChI=1S/C46H29N3O/c1-3-14-30(15-4-1)32-18-13-19-33(26-32)40-29-39(31-16-5-2-6-17-31)47-46(48-40)38-27-34(28-44-45(38)37-22-9-12-25-43(37)50-44)49-41-23-10-7-20-35(41)36-21-8-11-24-42(36)49/h1-29H. The maximum Gasteiger partial charge on any atom is 0.161 e. The van der Waals surface area contributed by atoms with Gasteiger partial charge in [-0.05, 0) is 47.5 Å². The maximum atomic E-state index is 6.60. The van der Waals surface area contributed by atoms with E-state index >= 15 is 0 Å². The predicted molar refractivity (Wildman–Crippen MR) is 205 cm³/mol. The van der Waals surface area contributed by atoms with E-state index in [-0.39, 0.29) is 0 Å². The molecule has 0 aliphatic heterocycles. The number of fused-ring (bicyclic) bond motifs is 6. The number of aromatic nitrogens is 3. The number of nitrogens with zero attached hydrogens (tertiary/aromatic N) is 3. The second-order valence-electron chi connectivity index (χ2n) is 12.6. The molecule has 0 saturated heterocycles. The van der Waals surface area contributed by atoms with Crippen LogP contribution in [0.1, 0.15) is 0 Å². The van der Waals surface area contributed by atoms with Crippen LogP contribution in [-0.2, 0) is 0 Å². The maximum absolute atomic E-state index is 6.60. The van der Waals surface area contributed by atoms with E-state index < -0.39 is 0 Å². The van der Waals surface area contributed by atoms with Crippen molar-refractivity contribution < 1.29 is 4.42 Å². The summed E-state index contributed by atoms with van der Waals surface area (Å²) in [4.78, 5) is 10.7. The highest BCUT2D eigenvalue weighted by atomic mass is 16.3. The molecule has 7 aromatic carbocycles. The Morgan fingerprint density at radius 3 is 1.68 bits per heavy atom. The van der Waals surface area contributed by atoms with Crippen LogP contribution in [0, 0.1) is 0 Å². The van der Waals surface area contributed by atoms with Crippen LogP contribution in [0.15, 0.2) is 180 Å². The molecule has 0 aliphatic carbocycles. The lowest BCUT2D eigenvalue weighted by atomic mass is 10.00. The Balaban J connectivity index is 1.27. The molecule has 0 saturated carbocycles. The molecule has 3 aromatic heterocycles. The van der Waals surface area contributed by atoms with Gasteiger partial charge in [-0.2, -0.15) is 0 Å². The quantitative estimate of drug-likeness (QED) is 0.188. The van der Waals surface area contributed by atoms with Gasteiger partial charge in [-0.25, -0.2) is 9.97 Å². The highest BCUT2D eigenvalue weighted by molar-refractivity contribution is 6.14. The van der Waals surface area contributed by atoms with Crippen LogP contribution in [0.5, 0.6) is 0 Å². The highest BCUT2D eigenvalue weighted by Crippen LogP contribution is 2.41. The van der Waals surface area contributed by atoms with Crippen LogP contribution in [-0.4, -0.2) is 14.5 Å². The molecule has 0 radical (unpaired) electrons. The van der Waals surface area contributed by atoms with Crippen molar-refractivity contribution in [3.63, 3.8) is 0 Å². The van der Waals surface area contributed by atoms with E-state index in [0.29, 0.717) is 5.82 Å². The van der Waals surface area contributed by atoms with E-state index in [1.807, 2.05) is 24.3 Å². The highest BCUT2D eigenvalue weighted by Gasteiger charge is 2.21. The first-order valence-electron chi connectivity index (χ1n) is 16.8. The van der Waals surface area contributed by atoms with Gasteiger partial charge < -0.3 is 8.98 Å². The smallest absolute Gasteiger partial charge is 0.161 e. The van der Waals surface area contributed by atoms with Crippen molar-refractivity contribution in [2.24, 2.45) is 0 Å². The largest absolute Gasteiger partial charge is 0.456 e. The fourth-order valence-corrected chi connectivity index (χ4v) is 7.31. The number of hydrogen-bond donors (Lipinski definition) is 0. The Morgan fingerprint density at radius 2 is 0.960 bits per heavy atom. The van der Waals surface area contributed by atoms with Crippen LogP contribution in [0.3, 0.4) is 0 Å². The molecular formula is C46H29N3O. The summed E-state index contributed by atoms with van der Waals surface area (Å²) in [5.74, 6) is 0.644. The van der Waals surface area contributed by atoms with Crippen LogP contribution in [0.4, 0.5) is 0 Å². The molecule has 234 valence electrons. The van der Waals surface area contributed by atoms with E-state index in [9.17, 15) is 0 Å². The molecule has 50 heavy (non-hydrogen) atoms. The summed E-state index contributed by atoms with van der Waals surface area (Å²) in [5, 5.41) is 4.45. The molecule has 0 fully saturated rings. The fourth-order valence-electron chi connectivity index (χ4n) is 7.31.